The van der Waals surface area contributed by atoms with Crippen LogP contribution in [0.5, 0.6) is 5.75 Å². The first-order valence-corrected chi connectivity index (χ1v) is 8.03. The van der Waals surface area contributed by atoms with E-state index >= 15 is 0 Å². The summed E-state index contributed by atoms with van der Waals surface area (Å²) in [6.07, 6.45) is -1.71. The number of hydrogen-bond acceptors (Lipinski definition) is 3. The van der Waals surface area contributed by atoms with Gasteiger partial charge in [-0.2, -0.15) is 18.2 Å². The highest BCUT2D eigenvalue weighted by molar-refractivity contribution is 5.68. The number of alkyl halides is 3. The SMILES string of the molecule is O=c1nc(C=Cc2ccc(OCc3ccccc3)cc2)cc(C(F)(F)F)[nH]1. The van der Waals surface area contributed by atoms with Crippen molar-refractivity contribution in [2.24, 2.45) is 0 Å². The van der Waals surface area contributed by atoms with E-state index in [1.54, 1.807) is 35.3 Å². The van der Waals surface area contributed by atoms with E-state index in [1.807, 2.05) is 30.3 Å². The molecule has 0 amide bonds. The fourth-order valence-electron chi connectivity index (χ4n) is 2.31. The Balaban J connectivity index is 1.68. The third-order valence-electron chi connectivity index (χ3n) is 3.64. The molecule has 2 aromatic carbocycles. The van der Waals surface area contributed by atoms with E-state index in [9.17, 15) is 18.0 Å². The summed E-state index contributed by atoms with van der Waals surface area (Å²) in [6, 6.07) is 17.5. The second kappa shape index (κ2) is 7.90. The third kappa shape index (κ3) is 5.31. The van der Waals surface area contributed by atoms with Crippen molar-refractivity contribution in [3.05, 3.63) is 93.7 Å². The molecular formula is C20H15F3N2O2. The number of ether oxygens (including phenoxy) is 1. The van der Waals surface area contributed by atoms with Gasteiger partial charge >= 0.3 is 11.9 Å². The molecule has 0 bridgehead atoms. The Kier molecular flexibility index (Phi) is 5.40. The Morgan fingerprint density at radius 3 is 2.37 bits per heavy atom. The molecule has 3 aromatic rings. The van der Waals surface area contributed by atoms with Gasteiger partial charge in [-0.15, -0.1) is 0 Å². The average molecular weight is 372 g/mol. The van der Waals surface area contributed by atoms with Gasteiger partial charge in [0.25, 0.3) is 0 Å². The maximum Gasteiger partial charge on any atom is 0.431 e. The molecule has 138 valence electrons. The molecule has 0 unspecified atom stereocenters. The van der Waals surface area contributed by atoms with Crippen LogP contribution in [0.1, 0.15) is 22.5 Å². The molecule has 0 radical (unpaired) electrons. The van der Waals surface area contributed by atoms with Crippen LogP contribution in [0.2, 0.25) is 0 Å². The van der Waals surface area contributed by atoms with Crippen molar-refractivity contribution in [1.29, 1.82) is 0 Å². The minimum absolute atomic E-state index is 0.0736. The first-order chi connectivity index (χ1) is 12.9. The van der Waals surface area contributed by atoms with Crippen LogP contribution in [-0.2, 0) is 12.8 Å². The van der Waals surface area contributed by atoms with Crippen molar-refractivity contribution in [2.45, 2.75) is 12.8 Å². The number of nitrogens with one attached hydrogen (secondary N) is 1. The lowest BCUT2D eigenvalue weighted by atomic mass is 10.2. The minimum Gasteiger partial charge on any atom is -0.489 e. The highest BCUT2D eigenvalue weighted by atomic mass is 19.4. The molecule has 0 aliphatic carbocycles. The maximum atomic E-state index is 12.7. The summed E-state index contributed by atoms with van der Waals surface area (Å²) in [7, 11) is 0. The smallest absolute Gasteiger partial charge is 0.431 e. The Morgan fingerprint density at radius 1 is 1.00 bits per heavy atom. The number of H-pyrrole nitrogens is 1. The number of hydrogen-bond donors (Lipinski definition) is 1. The molecule has 1 aromatic heterocycles. The van der Waals surface area contributed by atoms with E-state index in [0.29, 0.717) is 12.4 Å². The molecule has 7 heteroatoms. The molecule has 0 atom stereocenters. The van der Waals surface area contributed by atoms with Crippen molar-refractivity contribution < 1.29 is 17.9 Å². The third-order valence-corrected chi connectivity index (χ3v) is 3.64. The van der Waals surface area contributed by atoms with Crippen LogP contribution in [0.25, 0.3) is 12.2 Å². The fraction of sp³-hybridized carbons (Fsp3) is 0.100. The van der Waals surface area contributed by atoms with Gasteiger partial charge in [-0.1, -0.05) is 48.5 Å². The molecule has 4 nitrogen and oxygen atoms in total. The summed E-state index contributed by atoms with van der Waals surface area (Å²) in [5.41, 5.74) is -0.476. The van der Waals surface area contributed by atoms with Crippen LogP contribution >= 0.6 is 0 Å². The van der Waals surface area contributed by atoms with Gasteiger partial charge in [-0.25, -0.2) is 4.79 Å². The van der Waals surface area contributed by atoms with Crippen molar-refractivity contribution >= 4 is 12.2 Å². The highest BCUT2D eigenvalue weighted by Crippen LogP contribution is 2.27. The molecule has 3 rings (SSSR count). The quantitative estimate of drug-likeness (QED) is 0.716. The summed E-state index contributed by atoms with van der Waals surface area (Å²) in [4.78, 5) is 16.5. The van der Waals surface area contributed by atoms with Crippen molar-refractivity contribution in [3.63, 3.8) is 0 Å². The summed E-state index contributed by atoms with van der Waals surface area (Å²) in [6.45, 7) is 0.437. The number of rotatable bonds is 5. The van der Waals surface area contributed by atoms with Gasteiger partial charge in [0.2, 0.25) is 0 Å². The zero-order valence-corrected chi connectivity index (χ0v) is 14.0. The van der Waals surface area contributed by atoms with Crippen LogP contribution in [0.4, 0.5) is 13.2 Å². The van der Waals surface area contributed by atoms with Crippen LogP contribution in [0.15, 0.2) is 65.5 Å². The Bertz CT molecular complexity index is 979. The number of aromatic nitrogens is 2. The molecule has 0 fully saturated rings. The number of nitrogens with zero attached hydrogens (tertiary/aromatic N) is 1. The largest absolute Gasteiger partial charge is 0.489 e. The van der Waals surface area contributed by atoms with Gasteiger partial charge in [0.15, 0.2) is 0 Å². The van der Waals surface area contributed by atoms with E-state index in [4.69, 9.17) is 4.74 Å². The van der Waals surface area contributed by atoms with Crippen LogP contribution in [0.3, 0.4) is 0 Å². The summed E-state index contributed by atoms with van der Waals surface area (Å²) >= 11 is 0. The lowest BCUT2D eigenvalue weighted by molar-refractivity contribution is -0.141. The van der Waals surface area contributed by atoms with E-state index < -0.39 is 17.6 Å². The topological polar surface area (TPSA) is 55.0 Å². The lowest BCUT2D eigenvalue weighted by Gasteiger charge is -2.06. The van der Waals surface area contributed by atoms with E-state index in [-0.39, 0.29) is 5.69 Å². The van der Waals surface area contributed by atoms with Crippen molar-refractivity contribution in [2.75, 3.05) is 0 Å². The Labute approximate surface area is 153 Å². The second-order valence-electron chi connectivity index (χ2n) is 5.70. The average Bonchev–Trinajstić information content (AvgIpc) is 2.65. The summed E-state index contributed by atoms with van der Waals surface area (Å²) < 4.78 is 43.8. The molecule has 0 aliphatic heterocycles. The highest BCUT2D eigenvalue weighted by Gasteiger charge is 2.32. The number of benzene rings is 2. The molecule has 0 saturated heterocycles. The molecule has 1 heterocycles. The fourth-order valence-corrected chi connectivity index (χ4v) is 2.31. The predicted molar refractivity (Wildman–Crippen MR) is 96.0 cm³/mol. The maximum absolute atomic E-state index is 12.7. The number of aromatic amines is 1. The summed E-state index contributed by atoms with van der Waals surface area (Å²) in [5, 5.41) is 0. The number of halogens is 3. The van der Waals surface area contributed by atoms with Gasteiger partial charge in [-0.3, -0.25) is 0 Å². The van der Waals surface area contributed by atoms with Crippen LogP contribution < -0.4 is 10.4 Å². The molecule has 0 spiro atoms. The van der Waals surface area contributed by atoms with Crippen molar-refractivity contribution in [3.8, 4) is 5.75 Å². The molecule has 27 heavy (non-hydrogen) atoms. The van der Waals surface area contributed by atoms with E-state index in [0.717, 1.165) is 17.2 Å². The van der Waals surface area contributed by atoms with Crippen LogP contribution in [-0.4, -0.2) is 9.97 Å². The van der Waals surface area contributed by atoms with Gasteiger partial charge < -0.3 is 9.72 Å². The Hall–Kier alpha value is -3.35. The van der Waals surface area contributed by atoms with Crippen molar-refractivity contribution in [1.82, 2.24) is 9.97 Å². The zero-order valence-electron chi connectivity index (χ0n) is 14.0. The monoisotopic (exact) mass is 372 g/mol. The molecule has 0 saturated carbocycles. The first-order valence-electron chi connectivity index (χ1n) is 8.03. The molecule has 0 aliphatic rings. The minimum atomic E-state index is -4.64. The second-order valence-corrected chi connectivity index (χ2v) is 5.70. The van der Waals surface area contributed by atoms with E-state index in [2.05, 4.69) is 4.98 Å². The lowest BCUT2D eigenvalue weighted by Crippen LogP contribution is -2.19. The first kappa shape index (κ1) is 18.4. The zero-order chi connectivity index (χ0) is 19.3. The van der Waals surface area contributed by atoms with Gasteiger partial charge in [0.05, 0.1) is 5.69 Å². The van der Waals surface area contributed by atoms with Gasteiger partial charge in [0.1, 0.15) is 18.1 Å². The van der Waals surface area contributed by atoms with E-state index in [1.165, 1.54) is 6.08 Å². The molecular weight excluding hydrogens is 357 g/mol. The molecule has 1 N–H and O–H groups in total. The summed E-state index contributed by atoms with van der Waals surface area (Å²) in [5.74, 6) is 0.671. The Morgan fingerprint density at radius 2 is 1.70 bits per heavy atom. The van der Waals surface area contributed by atoms with Gasteiger partial charge in [0, 0.05) is 0 Å². The normalized spacial score (nSPS) is 11.7. The van der Waals surface area contributed by atoms with Gasteiger partial charge in [-0.05, 0) is 35.4 Å². The standard InChI is InChI=1S/C20H15F3N2O2/c21-20(22,23)18-12-16(24-19(26)25-18)9-6-14-7-10-17(11-8-14)27-13-15-4-2-1-3-5-15/h1-12H,13H2,(H,24,25,26). The van der Waals surface area contributed by atoms with Crippen LogP contribution in [0, 0.1) is 0 Å². The predicted octanol–water partition coefficient (Wildman–Crippen LogP) is 4.54.